The summed E-state index contributed by atoms with van der Waals surface area (Å²) in [5.74, 6) is -1.63. The predicted octanol–water partition coefficient (Wildman–Crippen LogP) is -0.331. The fourth-order valence-electron chi connectivity index (χ4n) is 2.11. The van der Waals surface area contributed by atoms with Gasteiger partial charge >= 0.3 is 0 Å². The molecule has 108 valence electrons. The van der Waals surface area contributed by atoms with E-state index in [0.29, 0.717) is 13.1 Å². The molecule has 1 aromatic carbocycles. The van der Waals surface area contributed by atoms with Crippen LogP contribution >= 0.6 is 0 Å². The van der Waals surface area contributed by atoms with E-state index in [2.05, 4.69) is 0 Å². The molecule has 1 aromatic rings. The fraction of sp³-hybridized carbons (Fsp3) is 0.333. The standard InChI is InChI=1S/C12H15N3O4S/c13-11(16)8-5-9(12(14)17)7-10(6-8)20(18,19)15-3-1-2-4-15/h5-7H,1-4H2,(H2,13,16)(H2,14,17). The molecule has 0 unspecified atom stereocenters. The zero-order valence-corrected chi connectivity index (χ0v) is 11.5. The Balaban J connectivity index is 2.55. The highest BCUT2D eigenvalue weighted by Gasteiger charge is 2.28. The average Bonchev–Trinajstić information content (AvgIpc) is 2.92. The van der Waals surface area contributed by atoms with Crippen molar-refractivity contribution in [3.63, 3.8) is 0 Å². The first-order valence-corrected chi connectivity index (χ1v) is 7.51. The number of rotatable bonds is 4. The molecule has 0 spiro atoms. The second-order valence-corrected chi connectivity index (χ2v) is 6.52. The Hall–Kier alpha value is -1.93. The van der Waals surface area contributed by atoms with Gasteiger partial charge in [-0.1, -0.05) is 0 Å². The molecule has 1 aliphatic heterocycles. The molecule has 0 radical (unpaired) electrons. The number of carbonyl (C=O) groups is 2. The third-order valence-electron chi connectivity index (χ3n) is 3.18. The predicted molar refractivity (Wildman–Crippen MR) is 71.5 cm³/mol. The van der Waals surface area contributed by atoms with Gasteiger partial charge in [-0.25, -0.2) is 8.42 Å². The van der Waals surface area contributed by atoms with Crippen LogP contribution in [0.2, 0.25) is 0 Å². The molecule has 0 bridgehead atoms. The third kappa shape index (κ3) is 2.66. The van der Waals surface area contributed by atoms with Crippen LogP contribution in [-0.4, -0.2) is 37.6 Å². The molecular weight excluding hydrogens is 282 g/mol. The van der Waals surface area contributed by atoms with Crippen molar-refractivity contribution in [2.24, 2.45) is 11.5 Å². The maximum absolute atomic E-state index is 12.4. The van der Waals surface area contributed by atoms with Gasteiger partial charge in [0.15, 0.2) is 0 Å². The van der Waals surface area contributed by atoms with Crippen LogP contribution in [0.5, 0.6) is 0 Å². The molecule has 0 saturated carbocycles. The van der Waals surface area contributed by atoms with Crippen molar-refractivity contribution >= 4 is 21.8 Å². The van der Waals surface area contributed by atoms with Crippen LogP contribution in [0.1, 0.15) is 33.6 Å². The van der Waals surface area contributed by atoms with Gasteiger partial charge < -0.3 is 11.5 Å². The Morgan fingerprint density at radius 1 is 0.950 bits per heavy atom. The first kappa shape index (κ1) is 14.5. The van der Waals surface area contributed by atoms with Gasteiger partial charge in [-0.15, -0.1) is 0 Å². The molecule has 20 heavy (non-hydrogen) atoms. The first-order valence-electron chi connectivity index (χ1n) is 6.07. The highest BCUT2D eigenvalue weighted by atomic mass is 32.2. The van der Waals surface area contributed by atoms with Crippen LogP contribution in [0, 0.1) is 0 Å². The number of amides is 2. The Bertz CT molecular complexity index is 631. The Morgan fingerprint density at radius 2 is 1.40 bits per heavy atom. The molecule has 4 N–H and O–H groups in total. The topological polar surface area (TPSA) is 124 Å². The number of hydrogen-bond acceptors (Lipinski definition) is 4. The second kappa shape index (κ2) is 5.22. The molecule has 2 amide bonds. The van der Waals surface area contributed by atoms with Crippen LogP contribution < -0.4 is 11.5 Å². The van der Waals surface area contributed by atoms with Gasteiger partial charge in [-0.3, -0.25) is 9.59 Å². The van der Waals surface area contributed by atoms with Gasteiger partial charge in [-0.05, 0) is 31.0 Å². The zero-order chi connectivity index (χ0) is 14.9. The van der Waals surface area contributed by atoms with Crippen molar-refractivity contribution in [3.05, 3.63) is 29.3 Å². The van der Waals surface area contributed by atoms with Gasteiger partial charge in [-0.2, -0.15) is 4.31 Å². The number of nitrogens with two attached hydrogens (primary N) is 2. The van der Waals surface area contributed by atoms with Crippen molar-refractivity contribution < 1.29 is 18.0 Å². The van der Waals surface area contributed by atoms with E-state index >= 15 is 0 Å². The molecule has 8 heteroatoms. The van der Waals surface area contributed by atoms with Crippen molar-refractivity contribution in [1.82, 2.24) is 4.31 Å². The number of hydrogen-bond donors (Lipinski definition) is 2. The highest BCUT2D eigenvalue weighted by Crippen LogP contribution is 2.23. The monoisotopic (exact) mass is 297 g/mol. The lowest BCUT2D eigenvalue weighted by atomic mass is 10.1. The second-order valence-electron chi connectivity index (χ2n) is 4.59. The molecule has 0 atom stereocenters. The van der Waals surface area contributed by atoms with Crippen LogP contribution in [0.15, 0.2) is 23.1 Å². The summed E-state index contributed by atoms with van der Waals surface area (Å²) in [6, 6.07) is 3.53. The van der Waals surface area contributed by atoms with Crippen molar-refractivity contribution in [3.8, 4) is 0 Å². The lowest BCUT2D eigenvalue weighted by Gasteiger charge is -2.16. The minimum Gasteiger partial charge on any atom is -0.366 e. The van der Waals surface area contributed by atoms with E-state index in [4.69, 9.17) is 11.5 Å². The quantitative estimate of drug-likeness (QED) is 0.789. The number of carbonyl (C=O) groups excluding carboxylic acids is 2. The maximum Gasteiger partial charge on any atom is 0.248 e. The van der Waals surface area contributed by atoms with Gasteiger partial charge in [0.2, 0.25) is 21.8 Å². The summed E-state index contributed by atoms with van der Waals surface area (Å²) in [7, 11) is -3.73. The average molecular weight is 297 g/mol. The van der Waals surface area contributed by atoms with E-state index < -0.39 is 21.8 Å². The molecule has 1 heterocycles. The van der Waals surface area contributed by atoms with Crippen LogP contribution in [0.25, 0.3) is 0 Å². The lowest BCUT2D eigenvalue weighted by molar-refractivity contribution is 0.0999. The lowest BCUT2D eigenvalue weighted by Crippen LogP contribution is -2.28. The van der Waals surface area contributed by atoms with Crippen molar-refractivity contribution in [2.75, 3.05) is 13.1 Å². The molecular formula is C12H15N3O4S. The fourth-order valence-corrected chi connectivity index (χ4v) is 3.70. The molecule has 7 nitrogen and oxygen atoms in total. The number of primary amides is 2. The van der Waals surface area contributed by atoms with Gasteiger partial charge in [0.05, 0.1) is 4.90 Å². The maximum atomic E-state index is 12.4. The highest BCUT2D eigenvalue weighted by molar-refractivity contribution is 7.89. The number of nitrogens with zero attached hydrogens (tertiary/aromatic N) is 1. The minimum absolute atomic E-state index is 0.0564. The van der Waals surface area contributed by atoms with Crippen molar-refractivity contribution in [1.29, 1.82) is 0 Å². The summed E-state index contributed by atoms with van der Waals surface area (Å²) >= 11 is 0. The molecule has 1 aliphatic rings. The van der Waals surface area contributed by atoms with Gasteiger partial charge in [0.1, 0.15) is 0 Å². The van der Waals surface area contributed by atoms with E-state index in [1.807, 2.05) is 0 Å². The summed E-state index contributed by atoms with van der Waals surface area (Å²) in [6.45, 7) is 0.851. The summed E-state index contributed by atoms with van der Waals surface area (Å²) < 4.78 is 26.1. The SMILES string of the molecule is NC(=O)c1cc(C(N)=O)cc(S(=O)(=O)N2CCCC2)c1. The van der Waals surface area contributed by atoms with Gasteiger partial charge in [0.25, 0.3) is 0 Å². The largest absolute Gasteiger partial charge is 0.366 e. The number of sulfonamides is 1. The minimum atomic E-state index is -3.73. The Morgan fingerprint density at radius 3 is 1.80 bits per heavy atom. The van der Waals surface area contributed by atoms with Crippen LogP contribution in [0.4, 0.5) is 0 Å². The van der Waals surface area contributed by atoms with Gasteiger partial charge in [0, 0.05) is 24.2 Å². The molecule has 2 rings (SSSR count). The summed E-state index contributed by atoms with van der Waals surface area (Å²) in [4.78, 5) is 22.3. The van der Waals surface area contributed by atoms with Crippen LogP contribution in [0.3, 0.4) is 0 Å². The molecule has 0 aromatic heterocycles. The summed E-state index contributed by atoms with van der Waals surface area (Å²) in [6.07, 6.45) is 1.58. The molecule has 1 fully saturated rings. The van der Waals surface area contributed by atoms with E-state index in [1.54, 1.807) is 0 Å². The van der Waals surface area contributed by atoms with Crippen molar-refractivity contribution in [2.45, 2.75) is 17.7 Å². The summed E-state index contributed by atoms with van der Waals surface area (Å²) in [5, 5.41) is 0. The Labute approximate surface area is 116 Å². The smallest absolute Gasteiger partial charge is 0.248 e. The summed E-state index contributed by atoms with van der Waals surface area (Å²) in [5.41, 5.74) is 10.2. The Kier molecular flexibility index (Phi) is 3.78. The zero-order valence-electron chi connectivity index (χ0n) is 10.7. The van der Waals surface area contributed by atoms with Crippen LogP contribution in [-0.2, 0) is 10.0 Å². The molecule has 1 saturated heterocycles. The van der Waals surface area contributed by atoms with E-state index in [9.17, 15) is 18.0 Å². The third-order valence-corrected chi connectivity index (χ3v) is 5.05. The first-order chi connectivity index (χ1) is 9.32. The van der Waals surface area contributed by atoms with E-state index in [-0.39, 0.29) is 16.0 Å². The normalized spacial score (nSPS) is 16.2. The van der Waals surface area contributed by atoms with E-state index in [0.717, 1.165) is 12.8 Å². The molecule has 0 aliphatic carbocycles. The van der Waals surface area contributed by atoms with E-state index in [1.165, 1.54) is 22.5 Å². The number of benzene rings is 1.